The summed E-state index contributed by atoms with van der Waals surface area (Å²) in [5, 5.41) is 0.498. The molecule has 0 amide bonds. The van der Waals surface area contributed by atoms with Crippen LogP contribution in [-0.2, 0) is 6.54 Å². The minimum Gasteiger partial charge on any atom is -0.346 e. The number of pyridine rings is 1. The van der Waals surface area contributed by atoms with E-state index in [1.807, 2.05) is 0 Å². The van der Waals surface area contributed by atoms with Crippen molar-refractivity contribution in [2.75, 3.05) is 0 Å². The van der Waals surface area contributed by atoms with Gasteiger partial charge in [0.25, 0.3) is 0 Å². The van der Waals surface area contributed by atoms with Crippen molar-refractivity contribution in [2.24, 2.45) is 5.73 Å². The number of nitrogens with two attached hydrogens (primary N) is 1. The summed E-state index contributed by atoms with van der Waals surface area (Å²) in [5.41, 5.74) is 6.33. The number of fused-ring (bicyclic) bond motifs is 1. The molecule has 0 aromatic carbocycles. The Morgan fingerprint density at radius 3 is 3.17 bits per heavy atom. The zero-order chi connectivity index (χ0) is 8.55. The minimum absolute atomic E-state index is 0.181. The average Bonchev–Trinajstić information content (AvgIpc) is 2.53. The molecule has 0 aliphatic heterocycles. The molecule has 0 bridgehead atoms. The molecule has 4 heteroatoms. The number of rotatable bonds is 1. The lowest BCUT2D eigenvalue weighted by Gasteiger charge is -1.98. The van der Waals surface area contributed by atoms with Gasteiger partial charge in [0.15, 0.2) is 0 Å². The van der Waals surface area contributed by atoms with Crippen LogP contribution in [0.4, 0.5) is 4.39 Å². The molecule has 12 heavy (non-hydrogen) atoms. The lowest BCUT2D eigenvalue weighted by Crippen LogP contribution is -2.00. The lowest BCUT2D eigenvalue weighted by molar-refractivity contribution is 0.621. The Morgan fingerprint density at radius 2 is 2.42 bits per heavy atom. The maximum absolute atomic E-state index is 13.4. The third-order valence-electron chi connectivity index (χ3n) is 1.81. The first-order chi connectivity index (χ1) is 5.83. The standard InChI is InChI=1S/C8H8FN3/c9-7-5(3-10)4-12-8-6(7)1-2-11-8/h1-2,4H,3,10H2,(H,11,12). The van der Waals surface area contributed by atoms with Gasteiger partial charge in [-0.1, -0.05) is 0 Å². The van der Waals surface area contributed by atoms with E-state index in [2.05, 4.69) is 9.97 Å². The summed E-state index contributed by atoms with van der Waals surface area (Å²) < 4.78 is 13.4. The summed E-state index contributed by atoms with van der Waals surface area (Å²) in [6, 6.07) is 1.65. The molecule has 2 aromatic rings. The van der Waals surface area contributed by atoms with Crippen LogP contribution in [0.1, 0.15) is 5.56 Å². The van der Waals surface area contributed by atoms with Crippen molar-refractivity contribution in [3.8, 4) is 0 Å². The lowest BCUT2D eigenvalue weighted by atomic mass is 10.2. The normalized spacial score (nSPS) is 10.8. The Bertz CT molecular complexity index is 408. The van der Waals surface area contributed by atoms with Crippen molar-refractivity contribution >= 4 is 11.0 Å². The van der Waals surface area contributed by atoms with Gasteiger partial charge < -0.3 is 10.7 Å². The molecule has 3 N–H and O–H groups in total. The molecule has 0 saturated carbocycles. The summed E-state index contributed by atoms with van der Waals surface area (Å²) in [4.78, 5) is 6.82. The van der Waals surface area contributed by atoms with Crippen LogP contribution in [0, 0.1) is 5.82 Å². The van der Waals surface area contributed by atoms with E-state index in [1.54, 1.807) is 12.3 Å². The molecule has 3 nitrogen and oxygen atoms in total. The monoisotopic (exact) mass is 165 g/mol. The first kappa shape index (κ1) is 7.24. The first-order valence-corrected chi connectivity index (χ1v) is 3.63. The predicted molar refractivity (Wildman–Crippen MR) is 43.9 cm³/mol. The minimum atomic E-state index is -0.274. The molecule has 0 fully saturated rings. The van der Waals surface area contributed by atoms with E-state index < -0.39 is 0 Å². The Balaban J connectivity index is 2.78. The van der Waals surface area contributed by atoms with E-state index in [0.717, 1.165) is 0 Å². The second-order valence-electron chi connectivity index (χ2n) is 2.54. The van der Waals surface area contributed by atoms with Crippen molar-refractivity contribution in [1.82, 2.24) is 9.97 Å². The second kappa shape index (κ2) is 2.57. The SMILES string of the molecule is NCc1cnc2[nH]ccc2c1F. The van der Waals surface area contributed by atoms with E-state index in [4.69, 9.17) is 5.73 Å². The van der Waals surface area contributed by atoms with Crippen LogP contribution < -0.4 is 5.73 Å². The van der Waals surface area contributed by atoms with Crippen molar-refractivity contribution in [3.05, 3.63) is 29.8 Å². The van der Waals surface area contributed by atoms with E-state index in [-0.39, 0.29) is 12.4 Å². The fourth-order valence-electron chi connectivity index (χ4n) is 1.16. The van der Waals surface area contributed by atoms with Crippen LogP contribution in [0.5, 0.6) is 0 Å². The summed E-state index contributed by atoms with van der Waals surface area (Å²) in [5.74, 6) is -0.274. The Hall–Kier alpha value is -1.42. The molecule has 62 valence electrons. The number of hydrogen-bond acceptors (Lipinski definition) is 2. The first-order valence-electron chi connectivity index (χ1n) is 3.63. The maximum Gasteiger partial charge on any atom is 0.140 e. The van der Waals surface area contributed by atoms with E-state index in [1.165, 1.54) is 6.20 Å². The molecule has 2 rings (SSSR count). The third-order valence-corrected chi connectivity index (χ3v) is 1.81. The zero-order valence-corrected chi connectivity index (χ0v) is 6.34. The van der Waals surface area contributed by atoms with Crippen molar-refractivity contribution < 1.29 is 4.39 Å². The Morgan fingerprint density at radius 1 is 1.58 bits per heavy atom. The van der Waals surface area contributed by atoms with Gasteiger partial charge in [0.2, 0.25) is 0 Å². The summed E-state index contributed by atoms with van der Waals surface area (Å²) in [6.07, 6.45) is 3.11. The molecule has 0 unspecified atom stereocenters. The molecule has 0 saturated heterocycles. The van der Waals surface area contributed by atoms with Crippen LogP contribution in [0.25, 0.3) is 11.0 Å². The highest BCUT2D eigenvalue weighted by Crippen LogP contribution is 2.16. The zero-order valence-electron chi connectivity index (χ0n) is 6.34. The van der Waals surface area contributed by atoms with Gasteiger partial charge in [-0.15, -0.1) is 0 Å². The van der Waals surface area contributed by atoms with Gasteiger partial charge >= 0.3 is 0 Å². The van der Waals surface area contributed by atoms with Crippen molar-refractivity contribution in [1.29, 1.82) is 0 Å². The van der Waals surface area contributed by atoms with Gasteiger partial charge in [-0.25, -0.2) is 9.37 Å². The largest absolute Gasteiger partial charge is 0.346 e. The number of halogens is 1. The number of H-pyrrole nitrogens is 1. The molecule has 0 radical (unpaired) electrons. The number of nitrogens with one attached hydrogen (secondary N) is 1. The highest BCUT2D eigenvalue weighted by molar-refractivity contribution is 5.76. The number of aromatic amines is 1. The summed E-state index contributed by atoms with van der Waals surface area (Å²) in [6.45, 7) is 0.181. The molecule has 0 aliphatic carbocycles. The molecular weight excluding hydrogens is 157 g/mol. The maximum atomic E-state index is 13.4. The van der Waals surface area contributed by atoms with Gasteiger partial charge in [0.1, 0.15) is 11.5 Å². The third kappa shape index (κ3) is 0.887. The van der Waals surface area contributed by atoms with Gasteiger partial charge in [0.05, 0.1) is 5.39 Å². The van der Waals surface area contributed by atoms with Gasteiger partial charge in [-0.2, -0.15) is 0 Å². The van der Waals surface area contributed by atoms with Gasteiger partial charge in [-0.3, -0.25) is 0 Å². The van der Waals surface area contributed by atoms with Crippen LogP contribution in [0.15, 0.2) is 18.5 Å². The van der Waals surface area contributed by atoms with Gasteiger partial charge in [0, 0.05) is 24.5 Å². The smallest absolute Gasteiger partial charge is 0.140 e. The van der Waals surface area contributed by atoms with Crippen LogP contribution in [0.2, 0.25) is 0 Å². The van der Waals surface area contributed by atoms with Crippen LogP contribution in [0.3, 0.4) is 0 Å². The fourth-order valence-corrected chi connectivity index (χ4v) is 1.16. The quantitative estimate of drug-likeness (QED) is 0.666. The van der Waals surface area contributed by atoms with Crippen LogP contribution in [-0.4, -0.2) is 9.97 Å². The molecule has 0 aliphatic rings. The molecule has 0 spiro atoms. The number of hydrogen-bond donors (Lipinski definition) is 2. The van der Waals surface area contributed by atoms with E-state index in [0.29, 0.717) is 16.6 Å². The van der Waals surface area contributed by atoms with Gasteiger partial charge in [-0.05, 0) is 6.07 Å². The predicted octanol–water partition coefficient (Wildman–Crippen LogP) is 1.16. The summed E-state index contributed by atoms with van der Waals surface area (Å²) in [7, 11) is 0. The number of aromatic nitrogens is 2. The highest BCUT2D eigenvalue weighted by Gasteiger charge is 2.06. The second-order valence-corrected chi connectivity index (χ2v) is 2.54. The van der Waals surface area contributed by atoms with E-state index in [9.17, 15) is 4.39 Å². The summed E-state index contributed by atoms with van der Waals surface area (Å²) >= 11 is 0. The number of nitrogens with zero attached hydrogens (tertiary/aromatic N) is 1. The molecular formula is C8H8FN3. The Kier molecular flexibility index (Phi) is 1.55. The van der Waals surface area contributed by atoms with Crippen molar-refractivity contribution in [2.45, 2.75) is 6.54 Å². The average molecular weight is 165 g/mol. The molecule has 0 atom stereocenters. The molecule has 2 aromatic heterocycles. The van der Waals surface area contributed by atoms with E-state index >= 15 is 0 Å². The Labute approximate surface area is 68.4 Å². The fraction of sp³-hybridized carbons (Fsp3) is 0.125. The highest BCUT2D eigenvalue weighted by atomic mass is 19.1. The topological polar surface area (TPSA) is 54.7 Å². The van der Waals surface area contributed by atoms with Crippen LogP contribution >= 0.6 is 0 Å². The van der Waals surface area contributed by atoms with Crippen molar-refractivity contribution in [3.63, 3.8) is 0 Å². The molecule has 2 heterocycles.